The summed E-state index contributed by atoms with van der Waals surface area (Å²) in [5, 5.41) is 4.22. The molecule has 8 heteroatoms. The fraction of sp³-hybridized carbons (Fsp3) is 0.227. The molecule has 1 heterocycles. The summed E-state index contributed by atoms with van der Waals surface area (Å²) in [5.41, 5.74) is 2.07. The molecule has 1 aromatic heterocycles. The average molecular weight is 443 g/mol. The highest BCUT2D eigenvalue weighted by atomic mass is 35.5. The molecule has 0 unspecified atom stereocenters. The number of carbonyl (C=O) groups excluding carboxylic acids is 2. The molecule has 2 aromatic carbocycles. The summed E-state index contributed by atoms with van der Waals surface area (Å²) in [7, 11) is 0. The van der Waals surface area contributed by atoms with Crippen molar-refractivity contribution in [3.8, 4) is 5.69 Å². The molecule has 0 saturated heterocycles. The van der Waals surface area contributed by atoms with E-state index in [1.807, 2.05) is 48.9 Å². The van der Waals surface area contributed by atoms with Crippen LogP contribution in [0.5, 0.6) is 0 Å². The van der Waals surface area contributed by atoms with Gasteiger partial charge < -0.3 is 10.2 Å². The van der Waals surface area contributed by atoms with E-state index in [1.54, 1.807) is 35.4 Å². The minimum atomic E-state index is -0.168. The molecule has 0 fully saturated rings. The summed E-state index contributed by atoms with van der Waals surface area (Å²) in [6.45, 7) is 5.17. The number of benzene rings is 2. The number of aromatic nitrogens is 2. The maximum absolute atomic E-state index is 12.5. The van der Waals surface area contributed by atoms with E-state index >= 15 is 0 Å². The van der Waals surface area contributed by atoms with Crippen molar-refractivity contribution in [1.29, 1.82) is 0 Å². The molecule has 3 rings (SSSR count). The number of nitrogens with zero attached hydrogens (tertiary/aromatic N) is 3. The van der Waals surface area contributed by atoms with Crippen molar-refractivity contribution < 1.29 is 9.59 Å². The van der Waals surface area contributed by atoms with Gasteiger partial charge in [-0.15, -0.1) is 0 Å². The van der Waals surface area contributed by atoms with Gasteiger partial charge in [0.2, 0.25) is 5.91 Å². The van der Waals surface area contributed by atoms with E-state index in [1.165, 1.54) is 11.8 Å². The molecular weight excluding hydrogens is 420 g/mol. The minimum Gasteiger partial charge on any atom is -0.339 e. The fourth-order valence-electron chi connectivity index (χ4n) is 2.95. The van der Waals surface area contributed by atoms with E-state index in [0.717, 1.165) is 5.69 Å². The van der Waals surface area contributed by atoms with Crippen molar-refractivity contribution >= 4 is 40.9 Å². The number of anilines is 1. The second kappa shape index (κ2) is 10.3. The molecule has 0 bridgehead atoms. The Morgan fingerprint density at radius 3 is 2.57 bits per heavy atom. The van der Waals surface area contributed by atoms with Gasteiger partial charge in [-0.25, -0.2) is 4.98 Å². The molecule has 30 heavy (non-hydrogen) atoms. The average Bonchev–Trinajstić information content (AvgIpc) is 3.22. The molecule has 156 valence electrons. The number of halogens is 1. The third kappa shape index (κ3) is 5.43. The number of hydrogen-bond donors (Lipinski definition) is 1. The van der Waals surface area contributed by atoms with Crippen LogP contribution in [0.25, 0.3) is 5.69 Å². The summed E-state index contributed by atoms with van der Waals surface area (Å²) >= 11 is 7.28. The molecule has 0 radical (unpaired) electrons. The Hall–Kier alpha value is -2.77. The van der Waals surface area contributed by atoms with Crippen LogP contribution in [0.2, 0.25) is 5.02 Å². The number of hydrogen-bond acceptors (Lipinski definition) is 4. The lowest BCUT2D eigenvalue weighted by molar-refractivity contribution is -0.113. The van der Waals surface area contributed by atoms with Crippen molar-refractivity contribution in [2.75, 3.05) is 24.2 Å². The van der Waals surface area contributed by atoms with Gasteiger partial charge in [0.25, 0.3) is 5.91 Å². The number of nitrogens with one attached hydrogen (secondary N) is 1. The molecular formula is C22H23ClN4O2S. The van der Waals surface area contributed by atoms with Crippen LogP contribution < -0.4 is 5.32 Å². The molecule has 0 aliphatic heterocycles. The predicted octanol–water partition coefficient (Wildman–Crippen LogP) is 4.74. The van der Waals surface area contributed by atoms with Crippen LogP contribution in [-0.4, -0.2) is 45.1 Å². The van der Waals surface area contributed by atoms with Crippen LogP contribution >= 0.6 is 23.4 Å². The largest absolute Gasteiger partial charge is 0.339 e. The first-order chi connectivity index (χ1) is 14.5. The van der Waals surface area contributed by atoms with Gasteiger partial charge in [-0.05, 0) is 56.3 Å². The van der Waals surface area contributed by atoms with Gasteiger partial charge in [-0.1, -0.05) is 29.4 Å². The maximum atomic E-state index is 12.5. The quantitative estimate of drug-likeness (QED) is 0.512. The van der Waals surface area contributed by atoms with E-state index in [9.17, 15) is 9.59 Å². The van der Waals surface area contributed by atoms with Crippen molar-refractivity contribution in [3.63, 3.8) is 0 Å². The zero-order chi connectivity index (χ0) is 21.5. The first-order valence-electron chi connectivity index (χ1n) is 9.63. The normalized spacial score (nSPS) is 10.6. The van der Waals surface area contributed by atoms with Crippen molar-refractivity contribution in [2.45, 2.75) is 19.0 Å². The van der Waals surface area contributed by atoms with E-state index in [4.69, 9.17) is 11.6 Å². The second-order valence-corrected chi connectivity index (χ2v) is 7.83. The summed E-state index contributed by atoms with van der Waals surface area (Å²) in [4.78, 5) is 31.0. The highest BCUT2D eigenvalue weighted by molar-refractivity contribution is 7.99. The Morgan fingerprint density at radius 2 is 1.87 bits per heavy atom. The summed E-state index contributed by atoms with van der Waals surface area (Å²) in [5.74, 6) is -0.0210. The smallest absolute Gasteiger partial charge is 0.253 e. The molecule has 1 N–H and O–H groups in total. The Labute approximate surface area is 185 Å². The van der Waals surface area contributed by atoms with E-state index in [2.05, 4.69) is 10.3 Å². The predicted molar refractivity (Wildman–Crippen MR) is 122 cm³/mol. The minimum absolute atomic E-state index is 0.0459. The van der Waals surface area contributed by atoms with Gasteiger partial charge >= 0.3 is 0 Å². The fourth-order valence-corrected chi connectivity index (χ4v) is 3.84. The zero-order valence-electron chi connectivity index (χ0n) is 16.8. The molecule has 0 atom stereocenters. The third-order valence-corrected chi connectivity index (χ3v) is 5.71. The standard InChI is InChI=1S/C22H23ClN4O2S/c1-3-26(4-2)21(29)16-6-5-7-18(14-16)25-20(28)15-30-22-24-12-13-27(22)19-10-8-17(23)9-11-19/h5-14H,3-4,15H2,1-2H3,(H,25,28). The third-order valence-electron chi connectivity index (χ3n) is 4.49. The second-order valence-electron chi connectivity index (χ2n) is 6.45. The van der Waals surface area contributed by atoms with Gasteiger partial charge in [0.05, 0.1) is 5.75 Å². The molecule has 2 amide bonds. The van der Waals surface area contributed by atoms with Gasteiger partial charge in [0.1, 0.15) is 0 Å². The summed E-state index contributed by atoms with van der Waals surface area (Å²) in [6.07, 6.45) is 3.53. The van der Waals surface area contributed by atoms with Gasteiger partial charge in [0, 0.05) is 47.4 Å². The number of rotatable bonds is 8. The summed E-state index contributed by atoms with van der Waals surface area (Å²) < 4.78 is 1.90. The lowest BCUT2D eigenvalue weighted by Gasteiger charge is -2.19. The maximum Gasteiger partial charge on any atom is 0.253 e. The monoisotopic (exact) mass is 442 g/mol. The van der Waals surface area contributed by atoms with Crippen LogP contribution in [0.4, 0.5) is 5.69 Å². The molecule has 0 saturated carbocycles. The number of thioether (sulfide) groups is 1. The molecule has 3 aromatic rings. The number of imidazole rings is 1. The van der Waals surface area contributed by atoms with Gasteiger partial charge in [-0.2, -0.15) is 0 Å². The number of carbonyl (C=O) groups is 2. The van der Waals surface area contributed by atoms with E-state index in [0.29, 0.717) is 34.5 Å². The lowest BCUT2D eigenvalue weighted by atomic mass is 10.1. The Kier molecular flexibility index (Phi) is 7.54. The van der Waals surface area contributed by atoms with Crippen LogP contribution in [0.15, 0.2) is 66.1 Å². The lowest BCUT2D eigenvalue weighted by Crippen LogP contribution is -2.30. The SMILES string of the molecule is CCN(CC)C(=O)c1cccc(NC(=O)CSc2nccn2-c2ccc(Cl)cc2)c1. The number of amides is 2. The summed E-state index contributed by atoms with van der Waals surface area (Å²) in [6, 6.07) is 14.4. The van der Waals surface area contributed by atoms with E-state index in [-0.39, 0.29) is 17.6 Å². The Bertz CT molecular complexity index is 1020. The highest BCUT2D eigenvalue weighted by Gasteiger charge is 2.14. The van der Waals surface area contributed by atoms with Crippen LogP contribution in [-0.2, 0) is 4.79 Å². The van der Waals surface area contributed by atoms with Gasteiger partial charge in [-0.3, -0.25) is 14.2 Å². The van der Waals surface area contributed by atoms with Crippen LogP contribution in [0.3, 0.4) is 0 Å². The van der Waals surface area contributed by atoms with Crippen LogP contribution in [0, 0.1) is 0 Å². The Balaban J connectivity index is 1.62. The first-order valence-corrected chi connectivity index (χ1v) is 11.0. The molecule has 0 aliphatic rings. The van der Waals surface area contributed by atoms with E-state index < -0.39 is 0 Å². The van der Waals surface area contributed by atoms with Crippen LogP contribution in [0.1, 0.15) is 24.2 Å². The van der Waals surface area contributed by atoms with Gasteiger partial charge in [0.15, 0.2) is 5.16 Å². The van der Waals surface area contributed by atoms with Crippen molar-refractivity contribution in [2.24, 2.45) is 0 Å². The molecule has 0 spiro atoms. The zero-order valence-corrected chi connectivity index (χ0v) is 18.4. The topological polar surface area (TPSA) is 67.2 Å². The van der Waals surface area contributed by atoms with Crippen molar-refractivity contribution in [1.82, 2.24) is 14.5 Å². The molecule has 0 aliphatic carbocycles. The highest BCUT2D eigenvalue weighted by Crippen LogP contribution is 2.22. The first kappa shape index (κ1) is 21.9. The Morgan fingerprint density at radius 1 is 1.13 bits per heavy atom. The molecule has 6 nitrogen and oxygen atoms in total. The van der Waals surface area contributed by atoms with Crippen molar-refractivity contribution in [3.05, 3.63) is 71.5 Å².